The molecule has 1 aromatic carbocycles. The molecular weight excluding hydrogens is 192 g/mol. The molecule has 0 aromatic heterocycles. The van der Waals surface area contributed by atoms with Crippen molar-refractivity contribution in [3.8, 4) is 0 Å². The standard InChI is InChI=1S/C12H16O3/c1-9-6-4-5-7-10(9)8-11(13)12(14-2)15-3/h4-7,12H,8H2,1-3H3. The Bertz CT molecular complexity index is 329. The molecule has 3 heteroatoms. The van der Waals surface area contributed by atoms with E-state index in [1.165, 1.54) is 14.2 Å². The molecule has 15 heavy (non-hydrogen) atoms. The maximum absolute atomic E-state index is 11.7. The van der Waals surface area contributed by atoms with E-state index in [0.717, 1.165) is 11.1 Å². The summed E-state index contributed by atoms with van der Waals surface area (Å²) in [5.41, 5.74) is 2.12. The number of hydrogen-bond acceptors (Lipinski definition) is 3. The molecule has 0 aliphatic rings. The Morgan fingerprint density at radius 2 is 1.87 bits per heavy atom. The van der Waals surface area contributed by atoms with E-state index in [9.17, 15) is 4.79 Å². The lowest BCUT2D eigenvalue weighted by Gasteiger charge is -2.12. The number of hydrogen-bond donors (Lipinski definition) is 0. The van der Waals surface area contributed by atoms with Crippen molar-refractivity contribution >= 4 is 5.78 Å². The van der Waals surface area contributed by atoms with Crippen molar-refractivity contribution in [2.45, 2.75) is 19.6 Å². The zero-order valence-electron chi connectivity index (χ0n) is 9.32. The maximum atomic E-state index is 11.7. The summed E-state index contributed by atoms with van der Waals surface area (Å²) in [5, 5.41) is 0. The molecule has 0 N–H and O–H groups in total. The third kappa shape index (κ3) is 3.15. The van der Waals surface area contributed by atoms with Gasteiger partial charge in [-0.3, -0.25) is 4.79 Å². The average molecular weight is 208 g/mol. The highest BCUT2D eigenvalue weighted by Gasteiger charge is 2.17. The van der Waals surface area contributed by atoms with Gasteiger partial charge in [-0.05, 0) is 18.1 Å². The van der Waals surface area contributed by atoms with Crippen LogP contribution in [0.1, 0.15) is 11.1 Å². The highest BCUT2D eigenvalue weighted by molar-refractivity contribution is 5.84. The molecular formula is C12H16O3. The second-order valence-electron chi connectivity index (χ2n) is 3.37. The summed E-state index contributed by atoms with van der Waals surface area (Å²) in [6, 6.07) is 7.80. The Morgan fingerprint density at radius 3 is 2.40 bits per heavy atom. The fraction of sp³-hybridized carbons (Fsp3) is 0.417. The van der Waals surface area contributed by atoms with Crippen LogP contribution in [0.5, 0.6) is 0 Å². The number of carbonyl (C=O) groups excluding carboxylic acids is 1. The molecule has 0 atom stereocenters. The number of rotatable bonds is 5. The second kappa shape index (κ2) is 5.63. The van der Waals surface area contributed by atoms with E-state index in [4.69, 9.17) is 9.47 Å². The van der Waals surface area contributed by atoms with Crippen molar-refractivity contribution in [1.29, 1.82) is 0 Å². The number of carbonyl (C=O) groups is 1. The molecule has 1 aromatic rings. The number of methoxy groups -OCH3 is 2. The molecule has 0 aliphatic heterocycles. The molecule has 82 valence electrons. The predicted molar refractivity (Wildman–Crippen MR) is 57.7 cm³/mol. The molecule has 0 unspecified atom stereocenters. The van der Waals surface area contributed by atoms with Crippen LogP contribution >= 0.6 is 0 Å². The lowest BCUT2D eigenvalue weighted by molar-refractivity contribution is -0.155. The van der Waals surface area contributed by atoms with Gasteiger partial charge in [-0.15, -0.1) is 0 Å². The highest BCUT2D eigenvalue weighted by atomic mass is 16.7. The summed E-state index contributed by atoms with van der Waals surface area (Å²) in [4.78, 5) is 11.7. The van der Waals surface area contributed by atoms with Gasteiger partial charge in [-0.2, -0.15) is 0 Å². The van der Waals surface area contributed by atoms with Crippen LogP contribution in [-0.2, 0) is 20.7 Å². The summed E-state index contributed by atoms with van der Waals surface area (Å²) >= 11 is 0. The van der Waals surface area contributed by atoms with Crippen molar-refractivity contribution in [2.75, 3.05) is 14.2 Å². The molecule has 0 saturated carbocycles. The molecule has 0 bridgehead atoms. The first-order valence-electron chi connectivity index (χ1n) is 4.82. The zero-order chi connectivity index (χ0) is 11.3. The first-order valence-corrected chi connectivity index (χ1v) is 4.82. The smallest absolute Gasteiger partial charge is 0.217 e. The molecule has 0 fully saturated rings. The third-order valence-corrected chi connectivity index (χ3v) is 2.32. The van der Waals surface area contributed by atoms with Crippen LogP contribution in [0.2, 0.25) is 0 Å². The van der Waals surface area contributed by atoms with Crippen molar-refractivity contribution in [2.24, 2.45) is 0 Å². The topological polar surface area (TPSA) is 35.5 Å². The number of ether oxygens (including phenoxy) is 2. The lowest BCUT2D eigenvalue weighted by Crippen LogP contribution is -2.26. The zero-order valence-corrected chi connectivity index (χ0v) is 9.32. The van der Waals surface area contributed by atoms with E-state index in [1.807, 2.05) is 31.2 Å². The number of benzene rings is 1. The molecule has 0 amide bonds. The SMILES string of the molecule is COC(OC)C(=O)Cc1ccccc1C. The minimum atomic E-state index is -0.760. The van der Waals surface area contributed by atoms with Crippen LogP contribution < -0.4 is 0 Å². The van der Waals surface area contributed by atoms with Gasteiger partial charge in [-0.25, -0.2) is 0 Å². The van der Waals surface area contributed by atoms with Crippen LogP contribution in [0.15, 0.2) is 24.3 Å². The monoisotopic (exact) mass is 208 g/mol. The Balaban J connectivity index is 2.70. The van der Waals surface area contributed by atoms with E-state index in [1.54, 1.807) is 0 Å². The van der Waals surface area contributed by atoms with Gasteiger partial charge in [0.15, 0.2) is 5.78 Å². The van der Waals surface area contributed by atoms with Crippen LogP contribution in [0.4, 0.5) is 0 Å². The summed E-state index contributed by atoms with van der Waals surface area (Å²) < 4.78 is 9.80. The van der Waals surface area contributed by atoms with E-state index in [2.05, 4.69) is 0 Å². The second-order valence-corrected chi connectivity index (χ2v) is 3.37. The van der Waals surface area contributed by atoms with E-state index in [0.29, 0.717) is 6.42 Å². The lowest BCUT2D eigenvalue weighted by atomic mass is 10.0. The quantitative estimate of drug-likeness (QED) is 0.691. The summed E-state index contributed by atoms with van der Waals surface area (Å²) in [5.74, 6) is -0.0608. The van der Waals surface area contributed by atoms with Gasteiger partial charge in [0.05, 0.1) is 0 Å². The summed E-state index contributed by atoms with van der Waals surface area (Å²) in [6.07, 6.45) is -0.413. The minimum absolute atomic E-state index is 0.0608. The molecule has 0 radical (unpaired) electrons. The third-order valence-electron chi connectivity index (χ3n) is 2.32. The molecule has 3 nitrogen and oxygen atoms in total. The van der Waals surface area contributed by atoms with Crippen molar-refractivity contribution < 1.29 is 14.3 Å². The van der Waals surface area contributed by atoms with Gasteiger partial charge in [0.1, 0.15) is 0 Å². The average Bonchev–Trinajstić information content (AvgIpc) is 2.23. The maximum Gasteiger partial charge on any atom is 0.217 e. The molecule has 0 spiro atoms. The summed E-state index contributed by atoms with van der Waals surface area (Å²) in [7, 11) is 2.92. The fourth-order valence-corrected chi connectivity index (χ4v) is 1.44. The fourth-order valence-electron chi connectivity index (χ4n) is 1.44. The number of Topliss-reactive ketones (excluding diaryl/α,β-unsaturated/α-hetero) is 1. The van der Waals surface area contributed by atoms with Gasteiger partial charge in [-0.1, -0.05) is 24.3 Å². The van der Waals surface area contributed by atoms with E-state index in [-0.39, 0.29) is 5.78 Å². The molecule has 0 aliphatic carbocycles. The van der Waals surface area contributed by atoms with Crippen LogP contribution in [0.3, 0.4) is 0 Å². The highest BCUT2D eigenvalue weighted by Crippen LogP contribution is 2.09. The summed E-state index contributed by atoms with van der Waals surface area (Å²) in [6.45, 7) is 1.98. The van der Waals surface area contributed by atoms with Gasteiger partial charge in [0, 0.05) is 20.6 Å². The van der Waals surface area contributed by atoms with Crippen LogP contribution in [0.25, 0.3) is 0 Å². The largest absolute Gasteiger partial charge is 0.349 e. The Kier molecular flexibility index (Phi) is 4.46. The van der Waals surface area contributed by atoms with Crippen molar-refractivity contribution in [3.63, 3.8) is 0 Å². The minimum Gasteiger partial charge on any atom is -0.349 e. The van der Waals surface area contributed by atoms with Crippen LogP contribution in [-0.4, -0.2) is 26.3 Å². The first-order chi connectivity index (χ1) is 7.19. The van der Waals surface area contributed by atoms with Gasteiger partial charge < -0.3 is 9.47 Å². The van der Waals surface area contributed by atoms with Crippen molar-refractivity contribution in [1.82, 2.24) is 0 Å². The van der Waals surface area contributed by atoms with Crippen LogP contribution in [0, 0.1) is 6.92 Å². The predicted octanol–water partition coefficient (Wildman–Crippen LogP) is 1.73. The van der Waals surface area contributed by atoms with E-state index < -0.39 is 6.29 Å². The Morgan fingerprint density at radius 1 is 1.27 bits per heavy atom. The Hall–Kier alpha value is -1.19. The van der Waals surface area contributed by atoms with Gasteiger partial charge in [0.2, 0.25) is 6.29 Å². The molecule has 1 rings (SSSR count). The normalized spacial score (nSPS) is 10.7. The van der Waals surface area contributed by atoms with Gasteiger partial charge >= 0.3 is 0 Å². The van der Waals surface area contributed by atoms with Crippen molar-refractivity contribution in [3.05, 3.63) is 35.4 Å². The molecule has 0 heterocycles. The van der Waals surface area contributed by atoms with E-state index >= 15 is 0 Å². The number of aryl methyl sites for hydroxylation is 1. The number of ketones is 1. The van der Waals surface area contributed by atoms with Gasteiger partial charge in [0.25, 0.3) is 0 Å². The molecule has 0 saturated heterocycles. The first kappa shape index (κ1) is 11.9. The Labute approximate surface area is 90.0 Å².